The Balaban J connectivity index is 2.15. The highest BCUT2D eigenvalue weighted by atomic mass is 32.2. The van der Waals surface area contributed by atoms with Gasteiger partial charge in [0.1, 0.15) is 11.6 Å². The van der Waals surface area contributed by atoms with E-state index in [1.807, 2.05) is 50.2 Å². The minimum absolute atomic E-state index is 0.580. The Morgan fingerprint density at radius 3 is 2.21 bits per heavy atom. The highest BCUT2D eigenvalue weighted by molar-refractivity contribution is 7.82. The van der Waals surface area contributed by atoms with Crippen molar-refractivity contribution in [3.05, 3.63) is 47.7 Å². The van der Waals surface area contributed by atoms with Crippen molar-refractivity contribution in [2.45, 2.75) is 27.7 Å². The summed E-state index contributed by atoms with van der Waals surface area (Å²) in [5, 5.41) is 0. The lowest BCUT2D eigenvalue weighted by molar-refractivity contribution is 0.560. The van der Waals surface area contributed by atoms with Crippen LogP contribution in [0.1, 0.15) is 25.1 Å². The van der Waals surface area contributed by atoms with Crippen LogP contribution >= 0.6 is 0 Å². The normalized spacial score (nSPS) is 11.9. The Labute approximate surface area is 147 Å². The molecule has 1 aromatic heterocycles. The number of anilines is 2. The molecule has 130 valence electrons. The summed E-state index contributed by atoms with van der Waals surface area (Å²) in [4.78, 5) is 6.81. The maximum absolute atomic E-state index is 12.5. The third kappa shape index (κ3) is 4.26. The Morgan fingerprint density at radius 2 is 1.67 bits per heavy atom. The standard InChI is InChI=1S/C18H25N3O2S/c1-6-21(7-2)18-13-12-17(15(4)19-18)20(5)24(22)23-16-10-8-14(3)9-11-16/h8-13H,6-7H2,1-5H3. The molecule has 0 spiro atoms. The molecule has 1 aromatic carbocycles. The Hall–Kier alpha value is -2.08. The molecule has 2 rings (SSSR count). The Kier molecular flexibility index (Phi) is 6.20. The molecule has 24 heavy (non-hydrogen) atoms. The highest BCUT2D eigenvalue weighted by Gasteiger charge is 2.16. The van der Waals surface area contributed by atoms with Crippen molar-refractivity contribution in [2.75, 3.05) is 29.3 Å². The molecule has 1 unspecified atom stereocenters. The number of nitrogens with zero attached hydrogens (tertiary/aromatic N) is 3. The van der Waals surface area contributed by atoms with Gasteiger partial charge in [-0.25, -0.2) is 4.98 Å². The van der Waals surface area contributed by atoms with Crippen LogP contribution in [0.15, 0.2) is 36.4 Å². The van der Waals surface area contributed by atoms with Gasteiger partial charge in [-0.3, -0.25) is 4.31 Å². The SMILES string of the molecule is CCN(CC)c1ccc(N(C)S(=O)Oc2ccc(C)cc2)c(C)n1. The zero-order valence-electron chi connectivity index (χ0n) is 14.9. The predicted molar refractivity (Wildman–Crippen MR) is 101 cm³/mol. The van der Waals surface area contributed by atoms with Crippen LogP contribution in [0.25, 0.3) is 0 Å². The van der Waals surface area contributed by atoms with E-state index in [2.05, 4.69) is 23.7 Å². The van der Waals surface area contributed by atoms with Gasteiger partial charge in [-0.2, -0.15) is 4.21 Å². The van der Waals surface area contributed by atoms with Crippen molar-refractivity contribution >= 4 is 22.8 Å². The van der Waals surface area contributed by atoms with Crippen molar-refractivity contribution in [1.29, 1.82) is 0 Å². The largest absolute Gasteiger partial charge is 0.385 e. The molecule has 0 fully saturated rings. The first-order chi connectivity index (χ1) is 11.5. The Morgan fingerprint density at radius 1 is 1.04 bits per heavy atom. The maximum Gasteiger partial charge on any atom is 0.318 e. The molecule has 0 aliphatic heterocycles. The molecular weight excluding hydrogens is 322 g/mol. The van der Waals surface area contributed by atoms with Gasteiger partial charge in [0.15, 0.2) is 0 Å². The summed E-state index contributed by atoms with van der Waals surface area (Å²) in [6, 6.07) is 11.4. The van der Waals surface area contributed by atoms with E-state index in [0.717, 1.165) is 35.9 Å². The molecule has 0 aliphatic carbocycles. The van der Waals surface area contributed by atoms with E-state index < -0.39 is 11.3 Å². The van der Waals surface area contributed by atoms with Gasteiger partial charge in [0.05, 0.1) is 11.4 Å². The quantitative estimate of drug-likeness (QED) is 0.767. The molecule has 1 atom stereocenters. The van der Waals surface area contributed by atoms with Crippen molar-refractivity contribution in [3.8, 4) is 5.75 Å². The average Bonchev–Trinajstić information content (AvgIpc) is 2.57. The first-order valence-corrected chi connectivity index (χ1v) is 9.12. The Bertz CT molecular complexity index is 700. The summed E-state index contributed by atoms with van der Waals surface area (Å²) >= 11 is -1.62. The monoisotopic (exact) mass is 347 g/mol. The second-order valence-electron chi connectivity index (χ2n) is 5.56. The zero-order chi connectivity index (χ0) is 17.7. The molecule has 2 aromatic rings. The number of aryl methyl sites for hydroxylation is 2. The van der Waals surface area contributed by atoms with E-state index in [-0.39, 0.29) is 0 Å². The summed E-state index contributed by atoms with van der Waals surface area (Å²) in [5.41, 5.74) is 2.74. The molecule has 6 heteroatoms. The van der Waals surface area contributed by atoms with Gasteiger partial charge >= 0.3 is 11.3 Å². The van der Waals surface area contributed by atoms with Crippen LogP contribution in [-0.2, 0) is 11.3 Å². The van der Waals surface area contributed by atoms with Gasteiger partial charge in [-0.05, 0) is 52.0 Å². The van der Waals surface area contributed by atoms with Crippen LogP contribution in [0.5, 0.6) is 5.75 Å². The fourth-order valence-corrected chi connectivity index (χ4v) is 3.15. The summed E-state index contributed by atoms with van der Waals surface area (Å²) in [7, 11) is 1.74. The lowest BCUT2D eigenvalue weighted by Crippen LogP contribution is -2.27. The number of hydrogen-bond acceptors (Lipinski definition) is 4. The minimum Gasteiger partial charge on any atom is -0.385 e. The van der Waals surface area contributed by atoms with E-state index in [9.17, 15) is 4.21 Å². The summed E-state index contributed by atoms with van der Waals surface area (Å²) < 4.78 is 19.6. The number of aromatic nitrogens is 1. The van der Waals surface area contributed by atoms with Crippen molar-refractivity contribution < 1.29 is 8.39 Å². The second kappa shape index (κ2) is 8.15. The fraction of sp³-hybridized carbons (Fsp3) is 0.389. The van der Waals surface area contributed by atoms with Crippen LogP contribution in [0, 0.1) is 13.8 Å². The van der Waals surface area contributed by atoms with Gasteiger partial charge in [-0.15, -0.1) is 0 Å². The van der Waals surface area contributed by atoms with E-state index in [1.54, 1.807) is 11.4 Å². The third-order valence-corrected chi connectivity index (χ3v) is 4.86. The summed E-state index contributed by atoms with van der Waals surface area (Å²) in [6.45, 7) is 9.93. The van der Waals surface area contributed by atoms with Gasteiger partial charge < -0.3 is 9.08 Å². The zero-order valence-corrected chi connectivity index (χ0v) is 15.8. The van der Waals surface area contributed by atoms with E-state index in [1.165, 1.54) is 0 Å². The van der Waals surface area contributed by atoms with Crippen molar-refractivity contribution in [3.63, 3.8) is 0 Å². The van der Waals surface area contributed by atoms with Crippen molar-refractivity contribution in [2.24, 2.45) is 0 Å². The summed E-state index contributed by atoms with van der Waals surface area (Å²) in [5.74, 6) is 1.51. The molecule has 0 saturated carbocycles. The van der Waals surface area contributed by atoms with Gasteiger partial charge in [-0.1, -0.05) is 17.7 Å². The molecule has 0 radical (unpaired) electrons. The van der Waals surface area contributed by atoms with E-state index in [0.29, 0.717) is 5.75 Å². The molecule has 0 N–H and O–H groups in total. The molecule has 0 bridgehead atoms. The molecule has 0 aliphatic rings. The van der Waals surface area contributed by atoms with Crippen LogP contribution < -0.4 is 13.4 Å². The molecule has 0 amide bonds. The lowest BCUT2D eigenvalue weighted by atomic mass is 10.2. The lowest BCUT2D eigenvalue weighted by Gasteiger charge is -2.23. The molecule has 0 saturated heterocycles. The topological polar surface area (TPSA) is 45.7 Å². The summed E-state index contributed by atoms with van der Waals surface area (Å²) in [6.07, 6.45) is 0. The smallest absolute Gasteiger partial charge is 0.318 e. The number of hydrogen-bond donors (Lipinski definition) is 0. The first-order valence-electron chi connectivity index (χ1n) is 8.09. The van der Waals surface area contributed by atoms with Crippen LogP contribution in [0.4, 0.5) is 11.5 Å². The number of benzene rings is 1. The first kappa shape index (κ1) is 18.3. The molecule has 1 heterocycles. The fourth-order valence-electron chi connectivity index (χ4n) is 2.41. The van der Waals surface area contributed by atoms with Gasteiger partial charge in [0.25, 0.3) is 0 Å². The number of rotatable bonds is 7. The average molecular weight is 347 g/mol. The minimum atomic E-state index is -1.62. The second-order valence-corrected chi connectivity index (χ2v) is 6.71. The predicted octanol–water partition coefficient (Wildman–Crippen LogP) is 3.64. The van der Waals surface area contributed by atoms with Gasteiger partial charge in [0.2, 0.25) is 0 Å². The van der Waals surface area contributed by atoms with Crippen LogP contribution in [0.3, 0.4) is 0 Å². The third-order valence-electron chi connectivity index (χ3n) is 3.88. The number of pyridine rings is 1. The molecule has 5 nitrogen and oxygen atoms in total. The van der Waals surface area contributed by atoms with E-state index >= 15 is 0 Å². The van der Waals surface area contributed by atoms with E-state index in [4.69, 9.17) is 4.18 Å². The maximum atomic E-state index is 12.5. The van der Waals surface area contributed by atoms with Crippen LogP contribution in [-0.4, -0.2) is 29.3 Å². The van der Waals surface area contributed by atoms with Gasteiger partial charge in [0, 0.05) is 20.1 Å². The molecular formula is C18H25N3O2S. The van der Waals surface area contributed by atoms with Crippen LogP contribution in [0.2, 0.25) is 0 Å². The highest BCUT2D eigenvalue weighted by Crippen LogP contribution is 2.23. The van der Waals surface area contributed by atoms with Crippen molar-refractivity contribution in [1.82, 2.24) is 4.98 Å².